The summed E-state index contributed by atoms with van der Waals surface area (Å²) in [4.78, 5) is 0. The number of benzene rings is 1. The lowest BCUT2D eigenvalue weighted by Crippen LogP contribution is -2.18. The van der Waals surface area contributed by atoms with Gasteiger partial charge in [-0.25, -0.2) is 4.68 Å². The fourth-order valence-corrected chi connectivity index (χ4v) is 3.77. The second-order valence-corrected chi connectivity index (χ2v) is 6.34. The molecule has 0 radical (unpaired) electrons. The lowest BCUT2D eigenvalue weighted by molar-refractivity contribution is 0.578. The van der Waals surface area contributed by atoms with Gasteiger partial charge in [0.25, 0.3) is 10.0 Å². The van der Waals surface area contributed by atoms with Gasteiger partial charge >= 0.3 is 0 Å². The molecule has 9 heteroatoms. The topological polar surface area (TPSA) is 103 Å². The number of sulfonamides is 1. The Morgan fingerprint density at radius 3 is 2.68 bits per heavy atom. The molecule has 0 saturated carbocycles. The molecule has 0 aliphatic carbocycles. The van der Waals surface area contributed by atoms with Crippen LogP contribution in [-0.2, 0) is 17.1 Å². The summed E-state index contributed by atoms with van der Waals surface area (Å²) in [6.45, 7) is 1.79. The van der Waals surface area contributed by atoms with Crippen LogP contribution in [0.15, 0.2) is 27.8 Å². The minimum atomic E-state index is -3.79. The van der Waals surface area contributed by atoms with E-state index in [4.69, 9.17) is 5.73 Å². The zero-order valence-electron chi connectivity index (χ0n) is 10.3. The van der Waals surface area contributed by atoms with E-state index in [2.05, 4.69) is 31.0 Å². The zero-order valence-corrected chi connectivity index (χ0v) is 12.7. The first kappa shape index (κ1) is 13.8. The summed E-state index contributed by atoms with van der Waals surface area (Å²) < 4.78 is 28.4. The molecule has 102 valence electrons. The van der Waals surface area contributed by atoms with Gasteiger partial charge in [-0.3, -0.25) is 4.72 Å². The van der Waals surface area contributed by atoms with Crippen molar-refractivity contribution >= 4 is 37.3 Å². The van der Waals surface area contributed by atoms with Gasteiger partial charge < -0.3 is 5.73 Å². The van der Waals surface area contributed by atoms with Crippen LogP contribution in [-0.4, -0.2) is 23.4 Å². The third-order valence-corrected chi connectivity index (χ3v) is 4.75. The fourth-order valence-electron chi connectivity index (χ4n) is 1.55. The van der Waals surface area contributed by atoms with Crippen LogP contribution in [0, 0.1) is 6.92 Å². The SMILES string of the molecule is Cc1ccc(N)cc1NS(=O)(=O)c1c(Br)nnn1C. The first-order valence-corrected chi connectivity index (χ1v) is 7.53. The number of nitrogens with zero attached hydrogens (tertiary/aromatic N) is 3. The van der Waals surface area contributed by atoms with Crippen molar-refractivity contribution in [1.29, 1.82) is 0 Å². The summed E-state index contributed by atoms with van der Waals surface area (Å²) in [5.74, 6) is 0. The van der Waals surface area contributed by atoms with E-state index in [0.717, 1.165) is 5.56 Å². The molecule has 0 amide bonds. The van der Waals surface area contributed by atoms with Gasteiger partial charge in [0.05, 0.1) is 5.69 Å². The van der Waals surface area contributed by atoms with Crippen molar-refractivity contribution in [2.24, 2.45) is 7.05 Å². The monoisotopic (exact) mass is 345 g/mol. The van der Waals surface area contributed by atoms with Crippen LogP contribution < -0.4 is 10.5 Å². The van der Waals surface area contributed by atoms with E-state index in [0.29, 0.717) is 11.4 Å². The summed E-state index contributed by atoms with van der Waals surface area (Å²) in [5.41, 5.74) is 7.32. The highest BCUT2D eigenvalue weighted by atomic mass is 79.9. The normalized spacial score (nSPS) is 11.5. The molecule has 1 aromatic carbocycles. The Kier molecular flexibility index (Phi) is 3.50. The van der Waals surface area contributed by atoms with Crippen molar-refractivity contribution in [3.8, 4) is 0 Å². The molecule has 0 saturated heterocycles. The molecule has 0 aliphatic rings. The average molecular weight is 346 g/mol. The average Bonchev–Trinajstić information content (AvgIpc) is 2.64. The van der Waals surface area contributed by atoms with Gasteiger partial charge in [0.1, 0.15) is 0 Å². The van der Waals surface area contributed by atoms with Gasteiger partial charge in [-0.1, -0.05) is 11.3 Å². The van der Waals surface area contributed by atoms with Crippen LogP contribution in [0.25, 0.3) is 0 Å². The molecule has 7 nitrogen and oxygen atoms in total. The number of halogens is 1. The van der Waals surface area contributed by atoms with Crippen molar-refractivity contribution in [3.05, 3.63) is 28.4 Å². The summed E-state index contributed by atoms with van der Waals surface area (Å²) >= 11 is 3.06. The molecule has 0 fully saturated rings. The molecule has 2 rings (SSSR count). The van der Waals surface area contributed by atoms with Gasteiger partial charge in [-0.05, 0) is 40.5 Å². The number of nitrogens with one attached hydrogen (secondary N) is 1. The van der Waals surface area contributed by atoms with Gasteiger partial charge in [0, 0.05) is 12.7 Å². The van der Waals surface area contributed by atoms with Crippen molar-refractivity contribution in [2.45, 2.75) is 11.9 Å². The predicted molar refractivity (Wildman–Crippen MR) is 75.1 cm³/mol. The molecule has 2 aromatic rings. The predicted octanol–water partition coefficient (Wildman–Crippen LogP) is 1.27. The number of aromatic nitrogens is 3. The third kappa shape index (κ3) is 2.71. The molecule has 0 atom stereocenters. The van der Waals surface area contributed by atoms with Crippen LogP contribution in [0.5, 0.6) is 0 Å². The Morgan fingerprint density at radius 1 is 1.42 bits per heavy atom. The van der Waals surface area contributed by atoms with Crippen molar-refractivity contribution in [2.75, 3.05) is 10.5 Å². The molecule has 0 aliphatic heterocycles. The maximum absolute atomic E-state index is 12.3. The molecule has 1 aromatic heterocycles. The van der Waals surface area contributed by atoms with E-state index in [1.807, 2.05) is 0 Å². The highest BCUT2D eigenvalue weighted by molar-refractivity contribution is 9.10. The molecule has 1 heterocycles. The standard InChI is InChI=1S/C10H12BrN5O2S/c1-6-3-4-7(12)5-8(6)14-19(17,18)10-9(11)13-15-16(10)2/h3-5,14H,12H2,1-2H3. The molecule has 0 bridgehead atoms. The van der Waals surface area contributed by atoms with Crippen molar-refractivity contribution < 1.29 is 8.42 Å². The number of rotatable bonds is 3. The van der Waals surface area contributed by atoms with Crippen molar-refractivity contribution in [3.63, 3.8) is 0 Å². The van der Waals surface area contributed by atoms with Crippen molar-refractivity contribution in [1.82, 2.24) is 15.0 Å². The number of nitrogen functional groups attached to an aromatic ring is 1. The second-order valence-electron chi connectivity index (χ2n) is 3.99. The lowest BCUT2D eigenvalue weighted by Gasteiger charge is -2.11. The van der Waals surface area contributed by atoms with E-state index < -0.39 is 10.0 Å². The zero-order chi connectivity index (χ0) is 14.2. The van der Waals surface area contributed by atoms with Gasteiger partial charge in [-0.15, -0.1) is 5.10 Å². The number of anilines is 2. The molecule has 3 N–H and O–H groups in total. The van der Waals surface area contributed by atoms with Crippen LogP contribution in [0.3, 0.4) is 0 Å². The number of nitrogens with two attached hydrogens (primary N) is 1. The molecule has 19 heavy (non-hydrogen) atoms. The Bertz CT molecular complexity index is 706. The summed E-state index contributed by atoms with van der Waals surface area (Å²) in [5, 5.41) is 7.24. The Morgan fingerprint density at radius 2 is 2.11 bits per heavy atom. The van der Waals surface area contributed by atoms with E-state index in [-0.39, 0.29) is 9.63 Å². The number of hydrogen-bond donors (Lipinski definition) is 2. The van der Waals surface area contributed by atoms with Gasteiger partial charge in [-0.2, -0.15) is 8.42 Å². The highest BCUT2D eigenvalue weighted by Crippen LogP contribution is 2.24. The third-order valence-electron chi connectivity index (χ3n) is 2.50. The number of aryl methyl sites for hydroxylation is 2. The molecular formula is C10H12BrN5O2S. The quantitative estimate of drug-likeness (QED) is 0.815. The van der Waals surface area contributed by atoms with E-state index in [1.165, 1.54) is 11.7 Å². The molecule has 0 spiro atoms. The van der Waals surface area contributed by atoms with E-state index in [1.54, 1.807) is 25.1 Å². The summed E-state index contributed by atoms with van der Waals surface area (Å²) in [7, 11) is -2.29. The number of hydrogen-bond acceptors (Lipinski definition) is 5. The second kappa shape index (κ2) is 4.82. The first-order chi connectivity index (χ1) is 8.81. The molecule has 0 unspecified atom stereocenters. The maximum atomic E-state index is 12.3. The minimum Gasteiger partial charge on any atom is -0.399 e. The van der Waals surface area contributed by atoms with Gasteiger partial charge in [0.2, 0.25) is 5.03 Å². The van der Waals surface area contributed by atoms with Crippen LogP contribution in [0.2, 0.25) is 0 Å². The summed E-state index contributed by atoms with van der Waals surface area (Å²) in [6, 6.07) is 5.00. The Hall–Kier alpha value is -1.61. The van der Waals surface area contributed by atoms with E-state index >= 15 is 0 Å². The Balaban J connectivity index is 2.45. The largest absolute Gasteiger partial charge is 0.399 e. The minimum absolute atomic E-state index is 0.0469. The fraction of sp³-hybridized carbons (Fsp3) is 0.200. The summed E-state index contributed by atoms with van der Waals surface area (Å²) in [6.07, 6.45) is 0. The van der Waals surface area contributed by atoms with Gasteiger partial charge in [0.15, 0.2) is 4.60 Å². The van der Waals surface area contributed by atoms with Crippen LogP contribution >= 0.6 is 15.9 Å². The highest BCUT2D eigenvalue weighted by Gasteiger charge is 2.24. The Labute approximate surface area is 119 Å². The lowest BCUT2D eigenvalue weighted by atomic mass is 10.2. The van der Waals surface area contributed by atoms with Crippen LogP contribution in [0.4, 0.5) is 11.4 Å². The van der Waals surface area contributed by atoms with E-state index in [9.17, 15) is 8.42 Å². The smallest absolute Gasteiger partial charge is 0.281 e. The van der Waals surface area contributed by atoms with Crippen LogP contribution in [0.1, 0.15) is 5.56 Å². The molecular weight excluding hydrogens is 334 g/mol. The first-order valence-electron chi connectivity index (χ1n) is 5.25. The maximum Gasteiger partial charge on any atom is 0.281 e.